The number of hydrogen-bond donors (Lipinski definition) is 1. The van der Waals surface area contributed by atoms with E-state index in [4.69, 9.17) is 19.1 Å². The number of hydroxylamine groups is 2. The molecule has 0 saturated heterocycles. The molecule has 4 aliphatic rings. The molecule has 1 aromatic carbocycles. The third kappa shape index (κ3) is 3.93. The Kier molecular flexibility index (Phi) is 6.48. The van der Waals surface area contributed by atoms with Crippen molar-refractivity contribution < 1.29 is 28.7 Å². The van der Waals surface area contributed by atoms with Crippen molar-refractivity contribution in [2.75, 3.05) is 14.2 Å². The van der Waals surface area contributed by atoms with Crippen LogP contribution in [0.15, 0.2) is 64.9 Å². The molecular formula is C34H39N3O6. The van der Waals surface area contributed by atoms with Crippen molar-refractivity contribution in [3.63, 3.8) is 0 Å². The van der Waals surface area contributed by atoms with Gasteiger partial charge < -0.3 is 14.3 Å². The van der Waals surface area contributed by atoms with Crippen molar-refractivity contribution in [3.8, 4) is 5.69 Å². The van der Waals surface area contributed by atoms with E-state index in [1.165, 1.54) is 37.6 Å². The van der Waals surface area contributed by atoms with Gasteiger partial charge in [0.2, 0.25) is 5.76 Å². The molecule has 0 bridgehead atoms. The SMILES string of the molecule is CON(C)C(=O)[C@@]1(OC(=O)c2ccco2)CCC2C3CCC4=Cc5c(cnn5-c5ccccc5)C[C@]4(C)C3[C@@H](O)C[C@@]21C. The Morgan fingerprint density at radius 1 is 1.14 bits per heavy atom. The van der Waals surface area contributed by atoms with E-state index in [1.807, 2.05) is 36.0 Å². The fourth-order valence-electron chi connectivity index (χ4n) is 9.45. The second-order valence-corrected chi connectivity index (χ2v) is 13.3. The fourth-order valence-corrected chi connectivity index (χ4v) is 9.45. The summed E-state index contributed by atoms with van der Waals surface area (Å²) >= 11 is 0. The van der Waals surface area contributed by atoms with E-state index < -0.39 is 29.0 Å². The van der Waals surface area contributed by atoms with Gasteiger partial charge >= 0.3 is 5.97 Å². The number of nitrogens with zero attached hydrogens (tertiary/aromatic N) is 3. The van der Waals surface area contributed by atoms with E-state index in [9.17, 15) is 14.7 Å². The number of rotatable bonds is 5. The summed E-state index contributed by atoms with van der Waals surface area (Å²) in [4.78, 5) is 32.7. The van der Waals surface area contributed by atoms with Gasteiger partial charge in [-0.25, -0.2) is 14.5 Å². The molecule has 3 saturated carbocycles. The zero-order chi connectivity index (χ0) is 30.1. The molecule has 1 amide bonds. The second-order valence-electron chi connectivity index (χ2n) is 13.3. The Morgan fingerprint density at radius 2 is 1.93 bits per heavy atom. The minimum atomic E-state index is -1.49. The molecule has 7 rings (SSSR count). The molecule has 9 nitrogen and oxygen atoms in total. The number of aromatic nitrogens is 2. The summed E-state index contributed by atoms with van der Waals surface area (Å²) < 4.78 is 13.6. The number of fused-ring (bicyclic) bond motifs is 6. The molecular weight excluding hydrogens is 546 g/mol. The first-order valence-corrected chi connectivity index (χ1v) is 15.2. The highest BCUT2D eigenvalue weighted by atomic mass is 16.7. The van der Waals surface area contributed by atoms with Crippen molar-refractivity contribution in [2.45, 2.75) is 64.1 Å². The predicted octanol–water partition coefficient (Wildman–Crippen LogP) is 5.23. The maximum atomic E-state index is 14.1. The van der Waals surface area contributed by atoms with Crippen LogP contribution in [0.3, 0.4) is 0 Å². The number of benzene rings is 1. The van der Waals surface area contributed by atoms with Gasteiger partial charge in [-0.15, -0.1) is 0 Å². The van der Waals surface area contributed by atoms with Gasteiger partial charge in [-0.1, -0.05) is 37.6 Å². The standard InChI is InChI=1S/C34H39N3O6/c1-32-18-21-20-35-37(23-9-6-5-7-10-23)26(21)17-22(32)12-13-24-25-14-15-34(31(40)36(3)41-4,33(25,2)19-27(38)29(24)32)43-30(39)28-11-8-16-42-28/h5-11,16-17,20,24-25,27,29,38H,12-15,18-19H2,1-4H3/t24?,25?,27-,29?,32-,33-,34-/m0/s1. The lowest BCUT2D eigenvalue weighted by Gasteiger charge is -2.60. The molecule has 0 spiro atoms. The van der Waals surface area contributed by atoms with Crippen molar-refractivity contribution in [1.29, 1.82) is 0 Å². The first kappa shape index (κ1) is 28.1. The molecule has 3 unspecified atom stereocenters. The maximum absolute atomic E-state index is 14.1. The van der Waals surface area contributed by atoms with Gasteiger partial charge in [0.25, 0.3) is 5.91 Å². The Hall–Kier alpha value is -3.69. The minimum Gasteiger partial charge on any atom is -0.457 e. The van der Waals surface area contributed by atoms with Crippen LogP contribution < -0.4 is 0 Å². The van der Waals surface area contributed by atoms with Gasteiger partial charge in [0.05, 0.1) is 37.1 Å². The summed E-state index contributed by atoms with van der Waals surface area (Å²) in [5.41, 5.74) is 2.14. The van der Waals surface area contributed by atoms with Crippen LogP contribution in [0.1, 0.15) is 67.8 Å². The lowest BCUT2D eigenvalue weighted by atomic mass is 9.45. The third-order valence-corrected chi connectivity index (χ3v) is 11.4. The molecule has 0 aliphatic heterocycles. The van der Waals surface area contributed by atoms with E-state index in [0.29, 0.717) is 19.3 Å². The number of aliphatic hydroxyl groups excluding tert-OH is 1. The smallest absolute Gasteiger partial charge is 0.375 e. The van der Waals surface area contributed by atoms with Crippen LogP contribution >= 0.6 is 0 Å². The number of para-hydroxylation sites is 1. The summed E-state index contributed by atoms with van der Waals surface area (Å²) in [6.07, 6.45) is 9.00. The van der Waals surface area contributed by atoms with Crippen LogP contribution in [-0.4, -0.2) is 57.7 Å². The number of likely N-dealkylation sites (N-methyl/N-ethyl adjacent to an activating group) is 1. The Bertz CT molecular complexity index is 1580. The predicted molar refractivity (Wildman–Crippen MR) is 158 cm³/mol. The number of amides is 1. The number of hydrogen-bond acceptors (Lipinski definition) is 7. The lowest BCUT2D eigenvalue weighted by Crippen LogP contribution is -2.64. The van der Waals surface area contributed by atoms with Crippen LogP contribution in [0.2, 0.25) is 0 Å². The van der Waals surface area contributed by atoms with E-state index in [-0.39, 0.29) is 28.9 Å². The van der Waals surface area contributed by atoms with E-state index in [2.05, 4.69) is 25.1 Å². The topological polar surface area (TPSA) is 107 Å². The lowest BCUT2D eigenvalue weighted by molar-refractivity contribution is -0.213. The van der Waals surface area contributed by atoms with Crippen molar-refractivity contribution in [3.05, 3.63) is 77.5 Å². The Labute approximate surface area is 251 Å². The van der Waals surface area contributed by atoms with Gasteiger partial charge in [-0.3, -0.25) is 9.63 Å². The zero-order valence-corrected chi connectivity index (χ0v) is 25.2. The Morgan fingerprint density at radius 3 is 2.65 bits per heavy atom. The largest absolute Gasteiger partial charge is 0.457 e. The molecule has 2 aromatic heterocycles. The normalized spacial score (nSPS) is 34.3. The first-order valence-electron chi connectivity index (χ1n) is 15.2. The highest BCUT2D eigenvalue weighted by Crippen LogP contribution is 2.68. The number of allylic oxidation sites excluding steroid dienone is 1. The van der Waals surface area contributed by atoms with Crippen LogP contribution in [0, 0.1) is 28.6 Å². The van der Waals surface area contributed by atoms with Gasteiger partial charge in [0.15, 0.2) is 5.60 Å². The monoisotopic (exact) mass is 585 g/mol. The molecule has 43 heavy (non-hydrogen) atoms. The van der Waals surface area contributed by atoms with E-state index in [0.717, 1.165) is 35.7 Å². The average molecular weight is 586 g/mol. The third-order valence-electron chi connectivity index (χ3n) is 11.4. The molecule has 3 fully saturated rings. The van der Waals surface area contributed by atoms with Crippen LogP contribution in [0.25, 0.3) is 11.8 Å². The summed E-state index contributed by atoms with van der Waals surface area (Å²) in [7, 11) is 2.96. The van der Waals surface area contributed by atoms with E-state index in [1.54, 1.807) is 6.07 Å². The summed E-state index contributed by atoms with van der Waals surface area (Å²) in [5, 5.41) is 18.0. The number of furan rings is 1. The molecule has 9 heteroatoms. The molecule has 2 heterocycles. The van der Waals surface area contributed by atoms with Gasteiger partial charge in [-0.05, 0) is 97.6 Å². The molecule has 0 radical (unpaired) electrons. The fraction of sp³-hybridized carbons (Fsp3) is 0.500. The van der Waals surface area contributed by atoms with Gasteiger partial charge in [0.1, 0.15) is 0 Å². The summed E-state index contributed by atoms with van der Waals surface area (Å²) in [6.45, 7) is 4.32. The summed E-state index contributed by atoms with van der Waals surface area (Å²) in [6, 6.07) is 13.3. The highest BCUT2D eigenvalue weighted by Gasteiger charge is 2.71. The van der Waals surface area contributed by atoms with Crippen LogP contribution in [0.5, 0.6) is 0 Å². The van der Waals surface area contributed by atoms with Crippen molar-refractivity contribution in [1.82, 2.24) is 14.8 Å². The number of aliphatic hydroxyl groups is 1. The van der Waals surface area contributed by atoms with Gasteiger partial charge in [0, 0.05) is 12.5 Å². The molecule has 4 aliphatic carbocycles. The quantitative estimate of drug-likeness (QED) is 0.323. The first-order chi connectivity index (χ1) is 20.6. The zero-order valence-electron chi connectivity index (χ0n) is 25.2. The maximum Gasteiger partial charge on any atom is 0.375 e. The van der Waals surface area contributed by atoms with Crippen LogP contribution in [0.4, 0.5) is 0 Å². The number of esters is 1. The molecule has 1 N–H and O–H groups in total. The minimum absolute atomic E-state index is 0.00522. The number of ether oxygens (including phenoxy) is 1. The molecule has 7 atom stereocenters. The summed E-state index contributed by atoms with van der Waals surface area (Å²) in [5.74, 6) is -0.813. The number of carbonyl (C=O) groups is 2. The molecule has 3 aromatic rings. The molecule has 226 valence electrons. The highest BCUT2D eigenvalue weighted by molar-refractivity contribution is 5.93. The van der Waals surface area contributed by atoms with Gasteiger partial charge in [-0.2, -0.15) is 5.10 Å². The van der Waals surface area contributed by atoms with Crippen LogP contribution in [-0.2, 0) is 20.8 Å². The number of carbonyl (C=O) groups excluding carboxylic acids is 2. The van der Waals surface area contributed by atoms with E-state index >= 15 is 0 Å². The van der Waals surface area contributed by atoms with Crippen molar-refractivity contribution >= 4 is 18.0 Å². The Balaban J connectivity index is 1.25. The second kappa shape index (κ2) is 9.92. The van der Waals surface area contributed by atoms with Crippen molar-refractivity contribution in [2.24, 2.45) is 28.6 Å². The average Bonchev–Trinajstić information content (AvgIpc) is 3.74.